The van der Waals surface area contributed by atoms with Gasteiger partial charge in [-0.3, -0.25) is 0 Å². The molecule has 2 heterocycles. The van der Waals surface area contributed by atoms with Crippen molar-refractivity contribution in [1.82, 2.24) is 4.98 Å². The van der Waals surface area contributed by atoms with Crippen molar-refractivity contribution < 1.29 is 4.39 Å². The van der Waals surface area contributed by atoms with Crippen molar-refractivity contribution in [2.75, 3.05) is 5.32 Å². The lowest BCUT2D eigenvalue weighted by atomic mass is 10.1. The minimum Gasteiger partial charge on any atom is -0.340 e. The number of anilines is 2. The highest BCUT2D eigenvalue weighted by Gasteiger charge is 2.10. The van der Waals surface area contributed by atoms with Crippen LogP contribution in [0.2, 0.25) is 0 Å². The Morgan fingerprint density at radius 2 is 2.00 bits per heavy atom. The first-order valence-electron chi connectivity index (χ1n) is 6.98. The van der Waals surface area contributed by atoms with Gasteiger partial charge in [0.1, 0.15) is 11.6 Å². The molecule has 0 unspecified atom stereocenters. The average molecular weight is 319 g/mol. The predicted molar refractivity (Wildman–Crippen MR) is 91.5 cm³/mol. The first kappa shape index (κ1) is 13.7. The van der Waals surface area contributed by atoms with Crippen LogP contribution in [0, 0.1) is 17.1 Å². The van der Waals surface area contributed by atoms with Crippen LogP contribution in [0.1, 0.15) is 5.56 Å². The summed E-state index contributed by atoms with van der Waals surface area (Å²) >= 11 is 1.62. The van der Waals surface area contributed by atoms with Crippen LogP contribution >= 0.6 is 11.3 Å². The topological polar surface area (TPSA) is 48.7 Å². The number of rotatable bonds is 2. The number of benzene rings is 2. The molecule has 0 atom stereocenters. The summed E-state index contributed by atoms with van der Waals surface area (Å²) in [6, 6.07) is 15.9. The van der Waals surface area contributed by atoms with Crippen molar-refractivity contribution in [3.8, 4) is 6.07 Å². The van der Waals surface area contributed by atoms with Crippen molar-refractivity contribution in [3.63, 3.8) is 0 Å². The van der Waals surface area contributed by atoms with Gasteiger partial charge in [-0.15, -0.1) is 11.3 Å². The number of aromatic nitrogens is 1. The van der Waals surface area contributed by atoms with Gasteiger partial charge >= 0.3 is 0 Å². The molecule has 0 radical (unpaired) electrons. The second kappa shape index (κ2) is 5.34. The van der Waals surface area contributed by atoms with Crippen LogP contribution in [-0.2, 0) is 0 Å². The van der Waals surface area contributed by atoms with E-state index in [0.717, 1.165) is 21.0 Å². The van der Waals surface area contributed by atoms with Crippen LogP contribution in [0.4, 0.5) is 15.9 Å². The lowest BCUT2D eigenvalue weighted by Crippen LogP contribution is -1.95. The number of halogens is 1. The van der Waals surface area contributed by atoms with Crippen molar-refractivity contribution in [3.05, 3.63) is 65.3 Å². The van der Waals surface area contributed by atoms with E-state index in [1.165, 1.54) is 12.1 Å². The smallest absolute Gasteiger partial charge is 0.139 e. The Hall–Kier alpha value is -2.97. The van der Waals surface area contributed by atoms with Crippen molar-refractivity contribution >= 4 is 43.8 Å². The molecule has 0 saturated heterocycles. The lowest BCUT2D eigenvalue weighted by Gasteiger charge is -2.09. The van der Waals surface area contributed by atoms with Crippen LogP contribution in [-0.4, -0.2) is 4.98 Å². The van der Waals surface area contributed by atoms with E-state index in [1.54, 1.807) is 35.6 Å². The third kappa shape index (κ3) is 2.39. The zero-order valence-corrected chi connectivity index (χ0v) is 12.7. The zero-order valence-electron chi connectivity index (χ0n) is 11.9. The van der Waals surface area contributed by atoms with E-state index in [1.807, 2.05) is 17.5 Å². The van der Waals surface area contributed by atoms with Gasteiger partial charge in [-0.2, -0.15) is 5.26 Å². The summed E-state index contributed by atoms with van der Waals surface area (Å²) in [5.74, 6) is 0.360. The fourth-order valence-electron chi connectivity index (χ4n) is 2.57. The minimum atomic E-state index is -0.302. The number of thiophene rings is 1. The summed E-state index contributed by atoms with van der Waals surface area (Å²) in [5, 5.41) is 16.2. The van der Waals surface area contributed by atoms with Gasteiger partial charge in [0.15, 0.2) is 0 Å². The largest absolute Gasteiger partial charge is 0.340 e. The Morgan fingerprint density at radius 3 is 2.83 bits per heavy atom. The Kier molecular flexibility index (Phi) is 3.18. The second-order valence-electron chi connectivity index (χ2n) is 5.10. The molecule has 0 aliphatic carbocycles. The molecule has 3 nitrogen and oxygen atoms in total. The third-order valence-electron chi connectivity index (χ3n) is 3.61. The molecular formula is C18H10FN3S. The molecule has 1 N–H and O–H groups in total. The fraction of sp³-hybridized carbons (Fsp3) is 0. The van der Waals surface area contributed by atoms with E-state index in [-0.39, 0.29) is 5.82 Å². The van der Waals surface area contributed by atoms with E-state index in [9.17, 15) is 4.39 Å². The number of nitriles is 1. The van der Waals surface area contributed by atoms with E-state index >= 15 is 0 Å². The molecule has 0 aliphatic heterocycles. The maximum Gasteiger partial charge on any atom is 0.139 e. The van der Waals surface area contributed by atoms with Crippen molar-refractivity contribution in [2.45, 2.75) is 0 Å². The predicted octanol–water partition coefficient (Wildman–Crippen LogP) is 5.20. The lowest BCUT2D eigenvalue weighted by molar-refractivity contribution is 0.628. The van der Waals surface area contributed by atoms with Gasteiger partial charge in [-0.1, -0.05) is 12.1 Å². The Balaban J connectivity index is 1.93. The molecule has 0 bridgehead atoms. The number of nitrogens with zero attached hydrogens (tertiary/aromatic N) is 2. The van der Waals surface area contributed by atoms with E-state index in [0.29, 0.717) is 17.1 Å². The first-order valence-corrected chi connectivity index (χ1v) is 7.86. The van der Waals surface area contributed by atoms with Crippen LogP contribution in [0.25, 0.3) is 21.0 Å². The molecular weight excluding hydrogens is 309 g/mol. The highest BCUT2D eigenvalue weighted by Crippen LogP contribution is 2.35. The number of hydrogen-bond donors (Lipinski definition) is 1. The van der Waals surface area contributed by atoms with Gasteiger partial charge in [-0.05, 0) is 41.8 Å². The minimum absolute atomic E-state index is 0.302. The SMILES string of the molecule is N#Cc1ccc2c(c1)nc(Nc1cccc(F)c1)c1ccsc12. The quantitative estimate of drug-likeness (QED) is 0.552. The van der Waals surface area contributed by atoms with Gasteiger partial charge in [0.2, 0.25) is 0 Å². The van der Waals surface area contributed by atoms with Crippen LogP contribution < -0.4 is 5.32 Å². The average Bonchev–Trinajstić information content (AvgIpc) is 3.04. The number of hydrogen-bond acceptors (Lipinski definition) is 4. The Bertz CT molecular complexity index is 1080. The molecule has 0 amide bonds. The summed E-state index contributed by atoms with van der Waals surface area (Å²) in [5.41, 5.74) is 1.95. The molecule has 0 fully saturated rings. The maximum atomic E-state index is 13.4. The molecule has 110 valence electrons. The van der Waals surface area contributed by atoms with Gasteiger partial charge in [0.05, 0.1) is 17.1 Å². The third-order valence-corrected chi connectivity index (χ3v) is 4.56. The molecule has 0 spiro atoms. The second-order valence-corrected chi connectivity index (χ2v) is 6.02. The monoisotopic (exact) mass is 319 g/mol. The highest BCUT2D eigenvalue weighted by atomic mass is 32.1. The Morgan fingerprint density at radius 1 is 1.09 bits per heavy atom. The summed E-state index contributed by atoms with van der Waals surface area (Å²) < 4.78 is 14.5. The van der Waals surface area contributed by atoms with Crippen LogP contribution in [0.3, 0.4) is 0 Å². The number of fused-ring (bicyclic) bond motifs is 3. The maximum absolute atomic E-state index is 13.4. The first-order chi connectivity index (χ1) is 11.2. The molecule has 2 aromatic heterocycles. The summed E-state index contributed by atoms with van der Waals surface area (Å²) in [4.78, 5) is 4.63. The van der Waals surface area contributed by atoms with E-state index in [2.05, 4.69) is 16.4 Å². The molecule has 4 aromatic rings. The summed E-state index contributed by atoms with van der Waals surface area (Å²) in [6.45, 7) is 0. The molecule has 5 heteroatoms. The molecule has 0 saturated carbocycles. The van der Waals surface area contributed by atoms with Gasteiger partial charge in [0, 0.05) is 21.2 Å². The van der Waals surface area contributed by atoms with Crippen LogP contribution in [0.15, 0.2) is 53.9 Å². The molecule has 4 rings (SSSR count). The summed E-state index contributed by atoms with van der Waals surface area (Å²) in [6.07, 6.45) is 0. The van der Waals surface area contributed by atoms with Gasteiger partial charge in [-0.25, -0.2) is 9.37 Å². The fourth-order valence-corrected chi connectivity index (χ4v) is 3.50. The normalized spacial score (nSPS) is 10.8. The molecule has 0 aliphatic rings. The van der Waals surface area contributed by atoms with Gasteiger partial charge in [0.25, 0.3) is 0 Å². The number of pyridine rings is 1. The van der Waals surface area contributed by atoms with E-state index < -0.39 is 0 Å². The Labute approximate surface area is 135 Å². The van der Waals surface area contributed by atoms with Crippen LogP contribution in [0.5, 0.6) is 0 Å². The molecule has 2 aromatic carbocycles. The zero-order chi connectivity index (χ0) is 15.8. The van der Waals surface area contributed by atoms with E-state index in [4.69, 9.17) is 5.26 Å². The van der Waals surface area contributed by atoms with Gasteiger partial charge < -0.3 is 5.32 Å². The van der Waals surface area contributed by atoms with Crippen molar-refractivity contribution in [2.24, 2.45) is 0 Å². The summed E-state index contributed by atoms with van der Waals surface area (Å²) in [7, 11) is 0. The standard InChI is InChI=1S/C18H10FN3S/c19-12-2-1-3-13(9-12)21-18-15-6-7-23-17(15)14-5-4-11(10-20)8-16(14)22-18/h1-9H,(H,21,22). The molecule has 23 heavy (non-hydrogen) atoms. The highest BCUT2D eigenvalue weighted by molar-refractivity contribution is 7.18. The van der Waals surface area contributed by atoms with Crippen molar-refractivity contribution in [1.29, 1.82) is 5.26 Å². The number of nitrogens with one attached hydrogen (secondary N) is 1.